The van der Waals surface area contributed by atoms with E-state index in [1.807, 2.05) is 11.8 Å². The zero-order chi connectivity index (χ0) is 11.8. The third kappa shape index (κ3) is 1.78. The van der Waals surface area contributed by atoms with E-state index in [0.717, 1.165) is 5.69 Å². The van der Waals surface area contributed by atoms with Crippen LogP contribution in [0.1, 0.15) is 13.3 Å². The van der Waals surface area contributed by atoms with E-state index < -0.39 is 5.41 Å². The highest BCUT2D eigenvalue weighted by Gasteiger charge is 2.39. The summed E-state index contributed by atoms with van der Waals surface area (Å²) in [5.41, 5.74) is 5.33. The minimum absolute atomic E-state index is 0.245. The standard InChI is InChI=1S/C10H14N4O2/c1-10(9(11)16)2-3-14(6-10)7-4-8(15)13-12-5-7/h4-5H,2-3,6H2,1H3,(H2,11,16)(H,13,15). The normalized spacial score (nSPS) is 24.7. The summed E-state index contributed by atoms with van der Waals surface area (Å²) in [5.74, 6) is -0.298. The average Bonchev–Trinajstić information content (AvgIpc) is 2.62. The Hall–Kier alpha value is -1.85. The van der Waals surface area contributed by atoms with Crippen molar-refractivity contribution in [3.8, 4) is 0 Å². The number of rotatable bonds is 2. The summed E-state index contributed by atoms with van der Waals surface area (Å²) in [6.07, 6.45) is 2.28. The van der Waals surface area contributed by atoms with Crippen LogP contribution in [0.5, 0.6) is 0 Å². The second-order valence-electron chi connectivity index (χ2n) is 4.40. The molecule has 0 radical (unpaired) electrons. The molecular formula is C10H14N4O2. The first-order valence-electron chi connectivity index (χ1n) is 5.11. The van der Waals surface area contributed by atoms with Gasteiger partial charge in [-0.25, -0.2) is 5.10 Å². The molecule has 1 saturated heterocycles. The Morgan fingerprint density at radius 2 is 2.44 bits per heavy atom. The first kappa shape index (κ1) is 10.7. The van der Waals surface area contributed by atoms with Gasteiger partial charge in [0, 0.05) is 19.2 Å². The van der Waals surface area contributed by atoms with Crippen molar-refractivity contribution in [2.24, 2.45) is 11.1 Å². The molecule has 6 heteroatoms. The molecule has 16 heavy (non-hydrogen) atoms. The first-order valence-corrected chi connectivity index (χ1v) is 5.11. The van der Waals surface area contributed by atoms with Crippen molar-refractivity contribution < 1.29 is 4.79 Å². The van der Waals surface area contributed by atoms with Gasteiger partial charge in [0.15, 0.2) is 0 Å². The smallest absolute Gasteiger partial charge is 0.266 e. The minimum atomic E-state index is -0.511. The van der Waals surface area contributed by atoms with Crippen molar-refractivity contribution in [2.75, 3.05) is 18.0 Å². The highest BCUT2D eigenvalue weighted by atomic mass is 16.1. The number of primary amides is 1. The van der Waals surface area contributed by atoms with Gasteiger partial charge in [-0.2, -0.15) is 5.10 Å². The molecule has 1 atom stereocenters. The maximum absolute atomic E-state index is 11.3. The number of hydrogen-bond acceptors (Lipinski definition) is 4. The summed E-state index contributed by atoms with van der Waals surface area (Å²) in [6, 6.07) is 1.47. The summed E-state index contributed by atoms with van der Waals surface area (Å²) in [6.45, 7) is 3.09. The van der Waals surface area contributed by atoms with Gasteiger partial charge in [-0.3, -0.25) is 9.59 Å². The molecule has 1 aliphatic heterocycles. The summed E-state index contributed by atoms with van der Waals surface area (Å²) in [7, 11) is 0. The third-order valence-corrected chi connectivity index (χ3v) is 3.08. The summed E-state index contributed by atoms with van der Waals surface area (Å²) < 4.78 is 0. The molecule has 1 aromatic heterocycles. The van der Waals surface area contributed by atoms with Gasteiger partial charge in [0.1, 0.15) is 0 Å². The van der Waals surface area contributed by atoms with Crippen LogP contribution in [0.15, 0.2) is 17.1 Å². The van der Waals surface area contributed by atoms with Gasteiger partial charge >= 0.3 is 0 Å². The van der Waals surface area contributed by atoms with Gasteiger partial charge in [0.25, 0.3) is 5.56 Å². The molecule has 2 heterocycles. The van der Waals surface area contributed by atoms with Crippen LogP contribution in [0.3, 0.4) is 0 Å². The molecule has 0 spiro atoms. The number of nitrogens with two attached hydrogens (primary N) is 1. The van der Waals surface area contributed by atoms with Crippen molar-refractivity contribution in [2.45, 2.75) is 13.3 Å². The summed E-state index contributed by atoms with van der Waals surface area (Å²) >= 11 is 0. The van der Waals surface area contributed by atoms with E-state index >= 15 is 0 Å². The summed E-state index contributed by atoms with van der Waals surface area (Å²) in [4.78, 5) is 24.3. The van der Waals surface area contributed by atoms with Gasteiger partial charge < -0.3 is 10.6 Å². The second kappa shape index (κ2) is 3.62. The number of nitrogens with one attached hydrogen (secondary N) is 1. The molecule has 0 aliphatic carbocycles. The van der Waals surface area contributed by atoms with Crippen molar-refractivity contribution in [1.82, 2.24) is 10.2 Å². The van der Waals surface area contributed by atoms with Gasteiger partial charge in [-0.05, 0) is 13.3 Å². The van der Waals surface area contributed by atoms with E-state index in [1.54, 1.807) is 6.20 Å². The number of H-pyrrole nitrogens is 1. The van der Waals surface area contributed by atoms with E-state index in [-0.39, 0.29) is 11.5 Å². The number of aromatic nitrogens is 2. The van der Waals surface area contributed by atoms with Gasteiger partial charge in [0.05, 0.1) is 17.3 Å². The first-order chi connectivity index (χ1) is 7.51. The van der Waals surface area contributed by atoms with Gasteiger partial charge in [-0.15, -0.1) is 0 Å². The molecule has 1 amide bonds. The van der Waals surface area contributed by atoms with Crippen LogP contribution in [0, 0.1) is 5.41 Å². The molecule has 0 aromatic carbocycles. The van der Waals surface area contributed by atoms with Crippen molar-refractivity contribution in [1.29, 1.82) is 0 Å². The molecule has 0 saturated carbocycles. The molecule has 3 N–H and O–H groups in total. The number of aromatic amines is 1. The molecule has 86 valence electrons. The van der Waals surface area contributed by atoms with E-state index in [9.17, 15) is 9.59 Å². The minimum Gasteiger partial charge on any atom is -0.369 e. The predicted octanol–water partition coefficient (Wildman–Crippen LogP) is -0.528. The Balaban J connectivity index is 2.21. The van der Waals surface area contributed by atoms with Crippen molar-refractivity contribution >= 4 is 11.6 Å². The number of carbonyl (C=O) groups excluding carboxylic acids is 1. The zero-order valence-electron chi connectivity index (χ0n) is 9.06. The molecule has 0 bridgehead atoms. The lowest BCUT2D eigenvalue weighted by Gasteiger charge is -2.21. The predicted molar refractivity (Wildman–Crippen MR) is 59.0 cm³/mol. The lowest BCUT2D eigenvalue weighted by molar-refractivity contribution is -0.125. The maximum atomic E-state index is 11.3. The molecule has 1 aromatic rings. The van der Waals surface area contributed by atoms with Crippen LogP contribution in [0.4, 0.5) is 5.69 Å². The Morgan fingerprint density at radius 1 is 1.69 bits per heavy atom. The van der Waals surface area contributed by atoms with E-state index in [2.05, 4.69) is 10.2 Å². The largest absolute Gasteiger partial charge is 0.369 e. The van der Waals surface area contributed by atoms with Crippen molar-refractivity contribution in [3.05, 3.63) is 22.6 Å². The molecular weight excluding hydrogens is 208 g/mol. The lowest BCUT2D eigenvalue weighted by atomic mass is 9.89. The van der Waals surface area contributed by atoms with Crippen LogP contribution in [-0.4, -0.2) is 29.2 Å². The molecule has 1 unspecified atom stereocenters. The van der Waals surface area contributed by atoms with Crippen LogP contribution in [0.25, 0.3) is 0 Å². The van der Waals surface area contributed by atoms with Gasteiger partial charge in [-0.1, -0.05) is 0 Å². The fourth-order valence-electron chi connectivity index (χ4n) is 1.92. The Morgan fingerprint density at radius 3 is 3.00 bits per heavy atom. The molecule has 1 aliphatic rings. The molecule has 1 fully saturated rings. The fraction of sp³-hybridized carbons (Fsp3) is 0.500. The second-order valence-corrected chi connectivity index (χ2v) is 4.40. The summed E-state index contributed by atoms with van der Waals surface area (Å²) in [5, 5.41) is 6.04. The monoisotopic (exact) mass is 222 g/mol. The SMILES string of the molecule is CC1(C(N)=O)CCN(c2cn[nH]c(=O)c2)C1. The van der Waals surface area contributed by atoms with E-state index in [1.165, 1.54) is 6.07 Å². The lowest BCUT2D eigenvalue weighted by Crippen LogP contribution is -2.37. The number of amides is 1. The number of hydrogen-bond donors (Lipinski definition) is 2. The van der Waals surface area contributed by atoms with Crippen LogP contribution in [-0.2, 0) is 4.79 Å². The Kier molecular flexibility index (Phi) is 2.41. The molecule has 2 rings (SSSR count). The fourth-order valence-corrected chi connectivity index (χ4v) is 1.92. The van der Waals surface area contributed by atoms with Crippen molar-refractivity contribution in [3.63, 3.8) is 0 Å². The van der Waals surface area contributed by atoms with Gasteiger partial charge in [0.2, 0.25) is 5.91 Å². The average molecular weight is 222 g/mol. The number of carbonyl (C=O) groups is 1. The maximum Gasteiger partial charge on any atom is 0.266 e. The van der Waals surface area contributed by atoms with E-state index in [4.69, 9.17) is 5.73 Å². The molecule has 6 nitrogen and oxygen atoms in total. The third-order valence-electron chi connectivity index (χ3n) is 3.08. The Labute approximate surface area is 92.4 Å². The Bertz CT molecular complexity index is 470. The highest BCUT2D eigenvalue weighted by molar-refractivity contribution is 5.82. The van der Waals surface area contributed by atoms with Crippen LogP contribution in [0.2, 0.25) is 0 Å². The quantitative estimate of drug-likeness (QED) is 0.703. The van der Waals surface area contributed by atoms with Crippen LogP contribution >= 0.6 is 0 Å². The highest BCUT2D eigenvalue weighted by Crippen LogP contribution is 2.31. The van der Waals surface area contributed by atoms with E-state index in [0.29, 0.717) is 19.5 Å². The topological polar surface area (TPSA) is 92.1 Å². The van der Waals surface area contributed by atoms with Crippen LogP contribution < -0.4 is 16.2 Å². The number of nitrogens with zero attached hydrogens (tertiary/aromatic N) is 2. The zero-order valence-corrected chi connectivity index (χ0v) is 9.06. The number of anilines is 1.